The van der Waals surface area contributed by atoms with Gasteiger partial charge in [0, 0.05) is 5.92 Å². The van der Waals surface area contributed by atoms with Gasteiger partial charge >= 0.3 is 5.97 Å². The summed E-state index contributed by atoms with van der Waals surface area (Å²) in [5.74, 6) is 0.420. The quantitative estimate of drug-likeness (QED) is 0.781. The third-order valence-electron chi connectivity index (χ3n) is 4.17. The van der Waals surface area contributed by atoms with E-state index in [4.69, 9.17) is 4.74 Å². The summed E-state index contributed by atoms with van der Waals surface area (Å²) in [5.41, 5.74) is -0.885. The molecule has 1 N–H and O–H groups in total. The largest absolute Gasteiger partial charge is 0.467 e. The number of rotatable bonds is 5. The molecule has 0 aromatic rings. The maximum Gasteiger partial charge on any atom is 0.331 e. The van der Waals surface area contributed by atoms with Gasteiger partial charge in [-0.25, -0.2) is 4.79 Å². The van der Waals surface area contributed by atoms with Gasteiger partial charge < -0.3 is 10.1 Å². The highest BCUT2D eigenvalue weighted by Gasteiger charge is 2.37. The number of esters is 1. The summed E-state index contributed by atoms with van der Waals surface area (Å²) in [5, 5.41) is 2.92. The second kappa shape index (κ2) is 6.92. The van der Waals surface area contributed by atoms with E-state index in [0.717, 1.165) is 32.1 Å². The van der Waals surface area contributed by atoms with Crippen molar-refractivity contribution in [3.05, 3.63) is 0 Å². The summed E-state index contributed by atoms with van der Waals surface area (Å²) in [7, 11) is 1.37. The van der Waals surface area contributed by atoms with Crippen LogP contribution >= 0.6 is 0 Å². The molecule has 0 aromatic carbocycles. The van der Waals surface area contributed by atoms with Crippen molar-refractivity contribution in [2.45, 2.75) is 64.8 Å². The van der Waals surface area contributed by atoms with Gasteiger partial charge in [-0.2, -0.15) is 0 Å². The van der Waals surface area contributed by atoms with Crippen molar-refractivity contribution < 1.29 is 14.3 Å². The fourth-order valence-corrected chi connectivity index (χ4v) is 2.84. The summed E-state index contributed by atoms with van der Waals surface area (Å²) in [6.45, 7) is 5.98. The van der Waals surface area contributed by atoms with E-state index in [2.05, 4.69) is 12.2 Å². The molecule has 0 saturated heterocycles. The Kier molecular flexibility index (Phi) is 5.83. The van der Waals surface area contributed by atoms with Crippen molar-refractivity contribution in [1.29, 1.82) is 0 Å². The number of carbonyl (C=O) groups excluding carboxylic acids is 2. The Hall–Kier alpha value is -1.06. The van der Waals surface area contributed by atoms with E-state index in [9.17, 15) is 9.59 Å². The lowest BCUT2D eigenvalue weighted by atomic mass is 9.82. The van der Waals surface area contributed by atoms with Crippen molar-refractivity contribution in [3.8, 4) is 0 Å². The van der Waals surface area contributed by atoms with Crippen LogP contribution in [0.25, 0.3) is 0 Å². The molecule has 1 amide bonds. The van der Waals surface area contributed by atoms with Crippen LogP contribution in [-0.4, -0.2) is 24.5 Å². The van der Waals surface area contributed by atoms with Gasteiger partial charge in [0.2, 0.25) is 5.91 Å². The van der Waals surface area contributed by atoms with Crippen LogP contribution < -0.4 is 5.32 Å². The molecular formula is C15H27NO3. The summed E-state index contributed by atoms with van der Waals surface area (Å²) in [6.07, 6.45) is 5.48. The molecule has 0 spiro atoms. The lowest BCUT2D eigenvalue weighted by molar-refractivity contribution is -0.151. The standard InChI is InChI=1S/C15H27NO3/c1-5-10-15(3,14(18)19-4)16-13(17)12-8-6-11(2)7-9-12/h11-12H,5-10H2,1-4H3,(H,16,17). The normalized spacial score (nSPS) is 26.3. The number of hydrogen-bond donors (Lipinski definition) is 1. The third kappa shape index (κ3) is 4.22. The van der Waals surface area contributed by atoms with Crippen LogP contribution in [0.15, 0.2) is 0 Å². The Labute approximate surface area is 116 Å². The SMILES string of the molecule is CCCC(C)(NC(=O)C1CCC(C)CC1)C(=O)OC. The van der Waals surface area contributed by atoms with Crippen molar-refractivity contribution in [2.75, 3.05) is 7.11 Å². The van der Waals surface area contributed by atoms with Crippen molar-refractivity contribution >= 4 is 11.9 Å². The van der Waals surface area contributed by atoms with Gasteiger partial charge in [0.15, 0.2) is 0 Å². The summed E-state index contributed by atoms with van der Waals surface area (Å²) in [4.78, 5) is 24.2. The van der Waals surface area contributed by atoms with E-state index in [0.29, 0.717) is 12.3 Å². The van der Waals surface area contributed by atoms with E-state index in [1.165, 1.54) is 7.11 Å². The molecule has 1 aliphatic rings. The molecule has 19 heavy (non-hydrogen) atoms. The molecule has 1 rings (SSSR count). The van der Waals surface area contributed by atoms with Gasteiger partial charge in [-0.3, -0.25) is 4.79 Å². The molecule has 1 atom stereocenters. The molecule has 0 bridgehead atoms. The maximum absolute atomic E-state index is 12.3. The van der Waals surface area contributed by atoms with Gasteiger partial charge in [-0.1, -0.05) is 20.3 Å². The van der Waals surface area contributed by atoms with Crippen LogP contribution in [0.1, 0.15) is 59.3 Å². The molecular weight excluding hydrogens is 242 g/mol. The Morgan fingerprint density at radius 1 is 1.26 bits per heavy atom. The van der Waals surface area contributed by atoms with Gasteiger partial charge in [-0.05, 0) is 44.9 Å². The summed E-state index contributed by atoms with van der Waals surface area (Å²) in [6, 6.07) is 0. The van der Waals surface area contributed by atoms with E-state index in [1.807, 2.05) is 6.92 Å². The van der Waals surface area contributed by atoms with E-state index < -0.39 is 5.54 Å². The number of hydrogen-bond acceptors (Lipinski definition) is 3. The number of carbonyl (C=O) groups is 2. The molecule has 1 fully saturated rings. The van der Waals surface area contributed by atoms with Crippen LogP contribution in [0.2, 0.25) is 0 Å². The van der Waals surface area contributed by atoms with E-state index >= 15 is 0 Å². The first kappa shape index (κ1) is 16.0. The Morgan fingerprint density at radius 2 is 1.84 bits per heavy atom. The number of nitrogens with one attached hydrogen (secondary N) is 1. The van der Waals surface area contributed by atoms with Crippen molar-refractivity contribution in [2.24, 2.45) is 11.8 Å². The zero-order valence-electron chi connectivity index (χ0n) is 12.6. The lowest BCUT2D eigenvalue weighted by Gasteiger charge is -2.31. The van der Waals surface area contributed by atoms with Crippen LogP contribution in [0.3, 0.4) is 0 Å². The van der Waals surface area contributed by atoms with Crippen molar-refractivity contribution in [3.63, 3.8) is 0 Å². The summed E-state index contributed by atoms with van der Waals surface area (Å²) < 4.78 is 4.82. The number of amides is 1. The maximum atomic E-state index is 12.3. The molecule has 0 aromatic heterocycles. The number of ether oxygens (including phenoxy) is 1. The van der Waals surface area contributed by atoms with Gasteiger partial charge in [0.25, 0.3) is 0 Å². The molecule has 0 aliphatic heterocycles. The zero-order valence-corrected chi connectivity index (χ0v) is 12.6. The second-order valence-corrected chi connectivity index (χ2v) is 6.02. The Bertz CT molecular complexity index is 321. The van der Waals surface area contributed by atoms with Gasteiger partial charge in [0.1, 0.15) is 5.54 Å². The molecule has 0 radical (unpaired) electrons. The predicted molar refractivity (Wildman–Crippen MR) is 74.6 cm³/mol. The van der Waals surface area contributed by atoms with Crippen LogP contribution in [0.4, 0.5) is 0 Å². The molecule has 4 heteroatoms. The molecule has 4 nitrogen and oxygen atoms in total. The molecule has 110 valence electrons. The molecule has 0 heterocycles. The molecule has 1 saturated carbocycles. The minimum Gasteiger partial charge on any atom is -0.467 e. The van der Waals surface area contributed by atoms with E-state index in [-0.39, 0.29) is 17.8 Å². The monoisotopic (exact) mass is 269 g/mol. The molecule has 1 aliphatic carbocycles. The highest BCUT2D eigenvalue weighted by atomic mass is 16.5. The minimum absolute atomic E-state index is 0.00764. The highest BCUT2D eigenvalue weighted by Crippen LogP contribution is 2.29. The molecule has 1 unspecified atom stereocenters. The van der Waals surface area contributed by atoms with Gasteiger partial charge in [-0.15, -0.1) is 0 Å². The predicted octanol–water partition coefficient (Wildman–Crippen LogP) is 2.66. The fourth-order valence-electron chi connectivity index (χ4n) is 2.84. The van der Waals surface area contributed by atoms with Crippen molar-refractivity contribution in [1.82, 2.24) is 5.32 Å². The Morgan fingerprint density at radius 3 is 2.32 bits per heavy atom. The lowest BCUT2D eigenvalue weighted by Crippen LogP contribution is -2.54. The average molecular weight is 269 g/mol. The van der Waals surface area contributed by atoms with Crippen LogP contribution in [-0.2, 0) is 14.3 Å². The first-order valence-electron chi connectivity index (χ1n) is 7.33. The first-order valence-corrected chi connectivity index (χ1v) is 7.33. The average Bonchev–Trinajstić information content (AvgIpc) is 2.38. The van der Waals surface area contributed by atoms with Gasteiger partial charge in [0.05, 0.1) is 7.11 Å². The smallest absolute Gasteiger partial charge is 0.331 e. The second-order valence-electron chi connectivity index (χ2n) is 6.02. The zero-order chi connectivity index (χ0) is 14.5. The van der Waals surface area contributed by atoms with Crippen LogP contribution in [0, 0.1) is 11.8 Å². The minimum atomic E-state index is -0.885. The van der Waals surface area contributed by atoms with E-state index in [1.54, 1.807) is 6.92 Å². The third-order valence-corrected chi connectivity index (χ3v) is 4.17. The topological polar surface area (TPSA) is 55.4 Å². The Balaban J connectivity index is 2.63. The first-order chi connectivity index (χ1) is 8.92. The summed E-state index contributed by atoms with van der Waals surface area (Å²) >= 11 is 0. The number of methoxy groups -OCH3 is 1. The van der Waals surface area contributed by atoms with Crippen LogP contribution in [0.5, 0.6) is 0 Å². The highest BCUT2D eigenvalue weighted by molar-refractivity contribution is 5.88. The fraction of sp³-hybridized carbons (Fsp3) is 0.867.